The first-order valence-electron chi connectivity index (χ1n) is 9.83. The van der Waals surface area contributed by atoms with Crippen molar-refractivity contribution in [2.24, 2.45) is 0 Å². The number of carbonyl (C=O) groups excluding carboxylic acids is 2. The van der Waals surface area contributed by atoms with Crippen LogP contribution >= 0.6 is 34.5 Å². The summed E-state index contributed by atoms with van der Waals surface area (Å²) in [6, 6.07) is 12.9. The molecule has 0 bridgehead atoms. The standard InChI is InChI=1S/C24H19Cl2NO5S/c1-31-15-6-3-5-13(9-15)20-19(21(28)14-10-17(25)23(32-2)18(26)11-14)22(29)24(30)27(20)12-16-7-4-8-33-16/h3-11,20,28H,12H2,1-2H3/b21-19+. The summed E-state index contributed by atoms with van der Waals surface area (Å²) in [4.78, 5) is 28.6. The smallest absolute Gasteiger partial charge is 0.295 e. The fourth-order valence-corrected chi connectivity index (χ4v) is 5.16. The molecule has 0 spiro atoms. The molecule has 33 heavy (non-hydrogen) atoms. The highest BCUT2D eigenvalue weighted by molar-refractivity contribution is 7.09. The molecule has 0 radical (unpaired) electrons. The van der Waals surface area contributed by atoms with Crippen LogP contribution in [0.3, 0.4) is 0 Å². The van der Waals surface area contributed by atoms with Gasteiger partial charge in [0.05, 0.1) is 42.4 Å². The highest BCUT2D eigenvalue weighted by atomic mass is 35.5. The van der Waals surface area contributed by atoms with E-state index in [1.54, 1.807) is 24.3 Å². The van der Waals surface area contributed by atoms with E-state index < -0.39 is 17.7 Å². The first kappa shape index (κ1) is 23.2. The number of thiophene rings is 1. The van der Waals surface area contributed by atoms with E-state index in [1.807, 2.05) is 17.5 Å². The number of ether oxygens (including phenoxy) is 2. The molecule has 0 saturated carbocycles. The summed E-state index contributed by atoms with van der Waals surface area (Å²) < 4.78 is 10.5. The predicted octanol–water partition coefficient (Wildman–Crippen LogP) is 5.69. The molecule has 1 saturated heterocycles. The summed E-state index contributed by atoms with van der Waals surface area (Å²) in [7, 11) is 2.95. The van der Waals surface area contributed by atoms with E-state index in [2.05, 4.69) is 0 Å². The van der Waals surface area contributed by atoms with Crippen LogP contribution in [0.2, 0.25) is 10.0 Å². The van der Waals surface area contributed by atoms with Crippen LogP contribution in [-0.2, 0) is 16.1 Å². The Morgan fingerprint density at radius 2 is 1.79 bits per heavy atom. The number of hydrogen-bond acceptors (Lipinski definition) is 6. The molecule has 4 rings (SSSR count). The monoisotopic (exact) mass is 503 g/mol. The lowest BCUT2D eigenvalue weighted by atomic mass is 9.95. The van der Waals surface area contributed by atoms with Crippen LogP contribution in [0, 0.1) is 0 Å². The molecule has 0 aliphatic carbocycles. The number of Topliss-reactive ketones (excluding diaryl/α,β-unsaturated/α-hetero) is 1. The van der Waals surface area contributed by atoms with Gasteiger partial charge in [0.15, 0.2) is 5.75 Å². The lowest BCUT2D eigenvalue weighted by Gasteiger charge is -2.25. The van der Waals surface area contributed by atoms with Gasteiger partial charge in [-0.05, 0) is 41.3 Å². The fourth-order valence-electron chi connectivity index (χ4n) is 3.82. The number of methoxy groups -OCH3 is 2. The van der Waals surface area contributed by atoms with E-state index in [0.717, 1.165) is 4.88 Å². The molecule has 1 atom stereocenters. The van der Waals surface area contributed by atoms with Gasteiger partial charge in [-0.3, -0.25) is 9.59 Å². The number of likely N-dealkylation sites (tertiary alicyclic amines) is 1. The maximum absolute atomic E-state index is 13.2. The minimum atomic E-state index is -0.832. The minimum absolute atomic E-state index is 0.0536. The molecule has 2 heterocycles. The third kappa shape index (κ3) is 4.31. The number of halogens is 2. The molecule has 1 unspecified atom stereocenters. The van der Waals surface area contributed by atoms with Crippen molar-refractivity contribution in [1.82, 2.24) is 4.90 Å². The number of carbonyl (C=O) groups is 2. The number of hydrogen-bond donors (Lipinski definition) is 1. The number of rotatable bonds is 6. The number of amides is 1. The second-order valence-electron chi connectivity index (χ2n) is 7.26. The van der Waals surface area contributed by atoms with Gasteiger partial charge in [0.2, 0.25) is 0 Å². The maximum atomic E-state index is 13.2. The fraction of sp³-hybridized carbons (Fsp3) is 0.167. The average molecular weight is 504 g/mol. The molecule has 2 aromatic carbocycles. The summed E-state index contributed by atoms with van der Waals surface area (Å²) in [5.41, 5.74) is 0.771. The Bertz CT molecular complexity index is 1230. The number of aliphatic hydroxyl groups is 1. The zero-order valence-corrected chi connectivity index (χ0v) is 20.0. The SMILES string of the molecule is COc1cccc(C2/C(=C(\O)c3cc(Cl)c(OC)c(Cl)c3)C(=O)C(=O)N2Cc2cccs2)c1. The van der Waals surface area contributed by atoms with Gasteiger partial charge in [0, 0.05) is 10.4 Å². The van der Waals surface area contributed by atoms with Gasteiger partial charge in [0.25, 0.3) is 11.7 Å². The highest BCUT2D eigenvalue weighted by Gasteiger charge is 2.46. The molecule has 3 aromatic rings. The summed E-state index contributed by atoms with van der Waals surface area (Å²) in [5.74, 6) is -1.06. The Hall–Kier alpha value is -3.00. The molecule has 1 aliphatic rings. The minimum Gasteiger partial charge on any atom is -0.507 e. The van der Waals surface area contributed by atoms with Crippen LogP contribution in [0.15, 0.2) is 59.5 Å². The normalized spacial score (nSPS) is 17.5. The average Bonchev–Trinajstić information content (AvgIpc) is 3.41. The van der Waals surface area contributed by atoms with Gasteiger partial charge in [-0.25, -0.2) is 0 Å². The Balaban J connectivity index is 1.90. The molecule has 170 valence electrons. The van der Waals surface area contributed by atoms with E-state index >= 15 is 0 Å². The third-order valence-corrected chi connectivity index (χ3v) is 6.75. The molecule has 1 fully saturated rings. The summed E-state index contributed by atoms with van der Waals surface area (Å²) in [6.45, 7) is 0.213. The van der Waals surface area contributed by atoms with Crippen molar-refractivity contribution < 1.29 is 24.2 Å². The Morgan fingerprint density at radius 1 is 1.06 bits per heavy atom. The van der Waals surface area contributed by atoms with Crippen LogP contribution < -0.4 is 9.47 Å². The number of benzene rings is 2. The topological polar surface area (TPSA) is 76.1 Å². The highest BCUT2D eigenvalue weighted by Crippen LogP contribution is 2.43. The maximum Gasteiger partial charge on any atom is 0.295 e. The van der Waals surface area contributed by atoms with Crippen molar-refractivity contribution in [3.63, 3.8) is 0 Å². The van der Waals surface area contributed by atoms with Crippen LogP contribution in [0.4, 0.5) is 0 Å². The van der Waals surface area contributed by atoms with Gasteiger partial charge in [-0.2, -0.15) is 0 Å². The first-order chi connectivity index (χ1) is 15.8. The van der Waals surface area contributed by atoms with Crippen molar-refractivity contribution in [2.45, 2.75) is 12.6 Å². The molecule has 9 heteroatoms. The molecule has 1 amide bonds. The number of nitrogens with zero attached hydrogens (tertiary/aromatic N) is 1. The summed E-state index contributed by atoms with van der Waals surface area (Å²) in [6.07, 6.45) is 0. The van der Waals surface area contributed by atoms with Crippen molar-refractivity contribution in [3.8, 4) is 11.5 Å². The lowest BCUT2D eigenvalue weighted by molar-refractivity contribution is -0.140. The number of ketones is 1. The molecule has 1 N–H and O–H groups in total. The predicted molar refractivity (Wildman–Crippen MR) is 128 cm³/mol. The Labute approximate surface area is 204 Å². The van der Waals surface area contributed by atoms with Gasteiger partial charge < -0.3 is 19.5 Å². The van der Waals surface area contributed by atoms with E-state index in [9.17, 15) is 14.7 Å². The van der Waals surface area contributed by atoms with Crippen LogP contribution in [0.5, 0.6) is 11.5 Å². The first-order valence-corrected chi connectivity index (χ1v) is 11.5. The van der Waals surface area contributed by atoms with E-state index in [1.165, 1.54) is 42.6 Å². The lowest BCUT2D eigenvalue weighted by Crippen LogP contribution is -2.28. The zero-order chi connectivity index (χ0) is 23.7. The summed E-state index contributed by atoms with van der Waals surface area (Å²) in [5, 5.41) is 13.4. The Kier molecular flexibility index (Phi) is 6.65. The van der Waals surface area contributed by atoms with Crippen LogP contribution in [0.1, 0.15) is 22.0 Å². The third-order valence-electron chi connectivity index (χ3n) is 5.33. The van der Waals surface area contributed by atoms with E-state index in [4.69, 9.17) is 32.7 Å². The summed E-state index contributed by atoms with van der Waals surface area (Å²) >= 11 is 14.0. The molecular formula is C24H19Cl2NO5S. The molecule has 6 nitrogen and oxygen atoms in total. The van der Waals surface area contributed by atoms with E-state index in [-0.39, 0.29) is 39.2 Å². The molecule has 1 aromatic heterocycles. The number of aliphatic hydroxyl groups excluding tert-OH is 1. The second-order valence-corrected chi connectivity index (χ2v) is 9.10. The van der Waals surface area contributed by atoms with Gasteiger partial charge in [0.1, 0.15) is 11.5 Å². The van der Waals surface area contributed by atoms with Crippen molar-refractivity contribution >= 4 is 52.0 Å². The van der Waals surface area contributed by atoms with Crippen molar-refractivity contribution in [1.29, 1.82) is 0 Å². The van der Waals surface area contributed by atoms with Crippen LogP contribution in [-0.4, -0.2) is 35.9 Å². The van der Waals surface area contributed by atoms with Crippen LogP contribution in [0.25, 0.3) is 5.76 Å². The van der Waals surface area contributed by atoms with Crippen molar-refractivity contribution in [2.75, 3.05) is 14.2 Å². The Morgan fingerprint density at radius 3 is 2.39 bits per heavy atom. The molecule has 1 aliphatic heterocycles. The van der Waals surface area contributed by atoms with Gasteiger partial charge in [-0.15, -0.1) is 11.3 Å². The second kappa shape index (κ2) is 9.47. The zero-order valence-electron chi connectivity index (χ0n) is 17.7. The van der Waals surface area contributed by atoms with E-state index in [0.29, 0.717) is 11.3 Å². The van der Waals surface area contributed by atoms with Crippen molar-refractivity contribution in [3.05, 3.63) is 85.5 Å². The van der Waals surface area contributed by atoms with Gasteiger partial charge >= 0.3 is 0 Å². The quantitative estimate of drug-likeness (QED) is 0.265. The largest absolute Gasteiger partial charge is 0.507 e. The molecular weight excluding hydrogens is 485 g/mol. The van der Waals surface area contributed by atoms with Gasteiger partial charge in [-0.1, -0.05) is 41.4 Å².